The van der Waals surface area contributed by atoms with E-state index in [0.29, 0.717) is 12.1 Å². The molecular weight excluding hydrogens is 312 g/mol. The lowest BCUT2D eigenvalue weighted by Gasteiger charge is -2.04. The average Bonchev–Trinajstić information content (AvgIpc) is 3.11. The Morgan fingerprint density at radius 3 is 2.64 bits per heavy atom. The first-order valence-electron chi connectivity index (χ1n) is 8.03. The van der Waals surface area contributed by atoms with Gasteiger partial charge in [0.2, 0.25) is 0 Å². The molecule has 1 amide bonds. The predicted molar refractivity (Wildman–Crippen MR) is 96.9 cm³/mol. The Bertz CT molecular complexity index is 1010. The highest BCUT2D eigenvalue weighted by molar-refractivity contribution is 5.97. The summed E-state index contributed by atoms with van der Waals surface area (Å²) in [7, 11) is 0. The number of carbonyl (C=O) groups is 1. The number of rotatable bonds is 4. The van der Waals surface area contributed by atoms with Crippen LogP contribution in [-0.2, 0) is 6.54 Å². The molecule has 4 aromatic rings. The fraction of sp³-hybridized carbons (Fsp3) is 0.0500. The summed E-state index contributed by atoms with van der Waals surface area (Å²) in [6.07, 6.45) is 1.71. The summed E-state index contributed by atoms with van der Waals surface area (Å²) in [5, 5.41) is 2.88. The Morgan fingerprint density at radius 1 is 1.00 bits per heavy atom. The number of fused-ring (bicyclic) bond motifs is 1. The molecule has 122 valence electrons. The molecule has 0 saturated heterocycles. The summed E-state index contributed by atoms with van der Waals surface area (Å²) in [5.74, 6) is 0.657. The Labute approximate surface area is 144 Å². The molecule has 2 aromatic carbocycles. The van der Waals surface area contributed by atoms with Crippen molar-refractivity contribution in [2.24, 2.45) is 0 Å². The average molecular weight is 328 g/mol. The van der Waals surface area contributed by atoms with Crippen molar-refractivity contribution in [1.29, 1.82) is 0 Å². The van der Waals surface area contributed by atoms with E-state index < -0.39 is 0 Å². The molecule has 2 N–H and O–H groups in total. The van der Waals surface area contributed by atoms with Crippen LogP contribution in [0.4, 0.5) is 0 Å². The van der Waals surface area contributed by atoms with Crippen molar-refractivity contribution in [3.8, 4) is 11.4 Å². The van der Waals surface area contributed by atoms with Crippen LogP contribution in [0.25, 0.3) is 22.4 Å². The van der Waals surface area contributed by atoms with Gasteiger partial charge in [0.15, 0.2) is 0 Å². The second kappa shape index (κ2) is 6.57. The largest absolute Gasteiger partial charge is 0.346 e. The molecule has 0 spiro atoms. The third-order valence-electron chi connectivity index (χ3n) is 3.95. The van der Waals surface area contributed by atoms with Crippen molar-refractivity contribution in [3.63, 3.8) is 0 Å². The molecule has 0 fully saturated rings. The van der Waals surface area contributed by atoms with E-state index in [4.69, 9.17) is 0 Å². The minimum atomic E-state index is -0.136. The van der Waals surface area contributed by atoms with Gasteiger partial charge in [-0.25, -0.2) is 4.98 Å². The van der Waals surface area contributed by atoms with Gasteiger partial charge in [-0.1, -0.05) is 36.4 Å². The summed E-state index contributed by atoms with van der Waals surface area (Å²) >= 11 is 0. The van der Waals surface area contributed by atoms with Gasteiger partial charge < -0.3 is 10.3 Å². The van der Waals surface area contributed by atoms with Crippen LogP contribution in [0, 0.1) is 0 Å². The first kappa shape index (κ1) is 15.1. The first-order chi connectivity index (χ1) is 12.3. The predicted octanol–water partition coefficient (Wildman–Crippen LogP) is 3.55. The van der Waals surface area contributed by atoms with E-state index in [1.165, 1.54) is 0 Å². The Kier molecular flexibility index (Phi) is 3.96. The standard InChI is InChI=1S/C20H16N4O/c25-20(22-13-16-8-4-5-11-21-16)15-9-10-17-18(12-15)24-19(23-17)14-6-2-1-3-7-14/h1-12H,13H2,(H,22,25)(H,23,24). The zero-order valence-electron chi connectivity index (χ0n) is 13.4. The number of aromatic amines is 1. The Morgan fingerprint density at radius 2 is 1.84 bits per heavy atom. The van der Waals surface area contributed by atoms with E-state index >= 15 is 0 Å². The van der Waals surface area contributed by atoms with Gasteiger partial charge in [-0.05, 0) is 30.3 Å². The highest BCUT2D eigenvalue weighted by Crippen LogP contribution is 2.21. The minimum Gasteiger partial charge on any atom is -0.346 e. The molecule has 0 aliphatic rings. The number of hydrogen-bond donors (Lipinski definition) is 2. The number of H-pyrrole nitrogens is 1. The monoisotopic (exact) mass is 328 g/mol. The van der Waals surface area contributed by atoms with Crippen LogP contribution in [0.15, 0.2) is 72.9 Å². The van der Waals surface area contributed by atoms with Gasteiger partial charge in [-0.3, -0.25) is 9.78 Å². The first-order valence-corrected chi connectivity index (χ1v) is 8.03. The van der Waals surface area contributed by atoms with Crippen molar-refractivity contribution >= 4 is 16.9 Å². The lowest BCUT2D eigenvalue weighted by Crippen LogP contribution is -2.23. The van der Waals surface area contributed by atoms with Crippen molar-refractivity contribution in [2.75, 3.05) is 0 Å². The maximum Gasteiger partial charge on any atom is 0.251 e. The molecule has 2 aromatic heterocycles. The molecule has 2 heterocycles. The van der Waals surface area contributed by atoms with Gasteiger partial charge in [-0.2, -0.15) is 0 Å². The number of aromatic nitrogens is 3. The van der Waals surface area contributed by atoms with Crippen LogP contribution < -0.4 is 5.32 Å². The van der Waals surface area contributed by atoms with Crippen LogP contribution >= 0.6 is 0 Å². The Balaban J connectivity index is 1.55. The lowest BCUT2D eigenvalue weighted by atomic mass is 10.2. The molecule has 0 saturated carbocycles. The quantitative estimate of drug-likeness (QED) is 0.602. The van der Waals surface area contributed by atoms with Crippen molar-refractivity contribution in [3.05, 3.63) is 84.2 Å². The maximum atomic E-state index is 12.4. The smallest absolute Gasteiger partial charge is 0.251 e. The van der Waals surface area contributed by atoms with E-state index in [0.717, 1.165) is 28.1 Å². The molecular formula is C20H16N4O. The van der Waals surface area contributed by atoms with Crippen LogP contribution in [0.2, 0.25) is 0 Å². The van der Waals surface area contributed by atoms with E-state index in [-0.39, 0.29) is 5.91 Å². The molecule has 4 rings (SSSR count). The van der Waals surface area contributed by atoms with Crippen LogP contribution in [0.3, 0.4) is 0 Å². The molecule has 0 aliphatic carbocycles. The number of imidazole rings is 1. The number of carbonyl (C=O) groups excluding carboxylic acids is 1. The van der Waals surface area contributed by atoms with Gasteiger partial charge in [0.1, 0.15) is 5.82 Å². The van der Waals surface area contributed by atoms with Gasteiger partial charge in [0.25, 0.3) is 5.91 Å². The van der Waals surface area contributed by atoms with Gasteiger partial charge in [-0.15, -0.1) is 0 Å². The highest BCUT2D eigenvalue weighted by atomic mass is 16.1. The van der Waals surface area contributed by atoms with E-state index in [1.54, 1.807) is 12.3 Å². The second-order valence-corrected chi connectivity index (χ2v) is 5.69. The maximum absolute atomic E-state index is 12.4. The number of nitrogens with one attached hydrogen (secondary N) is 2. The second-order valence-electron chi connectivity index (χ2n) is 5.69. The summed E-state index contributed by atoms with van der Waals surface area (Å²) in [4.78, 5) is 24.4. The lowest BCUT2D eigenvalue weighted by molar-refractivity contribution is 0.0950. The Hall–Kier alpha value is -3.47. The number of benzene rings is 2. The zero-order chi connectivity index (χ0) is 17.1. The number of pyridine rings is 1. The van der Waals surface area contributed by atoms with Crippen molar-refractivity contribution in [1.82, 2.24) is 20.3 Å². The summed E-state index contributed by atoms with van der Waals surface area (Å²) < 4.78 is 0. The van der Waals surface area contributed by atoms with Crippen molar-refractivity contribution in [2.45, 2.75) is 6.54 Å². The van der Waals surface area contributed by atoms with Crippen LogP contribution in [0.5, 0.6) is 0 Å². The number of nitrogens with zero attached hydrogens (tertiary/aromatic N) is 2. The number of amides is 1. The molecule has 0 bridgehead atoms. The SMILES string of the molecule is O=C(NCc1ccccn1)c1ccc2nc(-c3ccccc3)[nH]c2c1. The summed E-state index contributed by atoms with van der Waals surface area (Å²) in [6, 6.07) is 21.0. The van der Waals surface area contributed by atoms with Crippen LogP contribution in [-0.4, -0.2) is 20.9 Å². The normalized spacial score (nSPS) is 10.7. The third kappa shape index (κ3) is 3.26. The minimum absolute atomic E-state index is 0.136. The molecule has 0 aliphatic heterocycles. The fourth-order valence-corrected chi connectivity index (χ4v) is 2.66. The van der Waals surface area contributed by atoms with E-state index in [9.17, 15) is 4.79 Å². The van der Waals surface area contributed by atoms with E-state index in [1.807, 2.05) is 60.7 Å². The molecule has 5 heteroatoms. The zero-order valence-corrected chi connectivity index (χ0v) is 13.4. The van der Waals surface area contributed by atoms with Gasteiger partial charge in [0, 0.05) is 17.3 Å². The summed E-state index contributed by atoms with van der Waals surface area (Å²) in [6.45, 7) is 0.399. The molecule has 25 heavy (non-hydrogen) atoms. The van der Waals surface area contributed by atoms with Crippen LogP contribution in [0.1, 0.15) is 16.1 Å². The topological polar surface area (TPSA) is 70.7 Å². The highest BCUT2D eigenvalue weighted by Gasteiger charge is 2.10. The van der Waals surface area contributed by atoms with E-state index in [2.05, 4.69) is 20.3 Å². The molecule has 5 nitrogen and oxygen atoms in total. The molecule has 0 atom stereocenters. The molecule has 0 radical (unpaired) electrons. The fourth-order valence-electron chi connectivity index (χ4n) is 2.66. The third-order valence-corrected chi connectivity index (χ3v) is 3.95. The van der Waals surface area contributed by atoms with Crippen molar-refractivity contribution < 1.29 is 4.79 Å². The number of hydrogen-bond acceptors (Lipinski definition) is 3. The molecule has 0 unspecified atom stereocenters. The van der Waals surface area contributed by atoms with Gasteiger partial charge >= 0.3 is 0 Å². The summed E-state index contributed by atoms with van der Waals surface area (Å²) in [5.41, 5.74) is 4.10. The van der Waals surface area contributed by atoms with Gasteiger partial charge in [0.05, 0.1) is 23.3 Å².